The van der Waals surface area contributed by atoms with Crippen molar-refractivity contribution in [2.75, 3.05) is 0 Å². The van der Waals surface area contributed by atoms with Crippen molar-refractivity contribution < 1.29 is 0 Å². The first-order valence-electron chi connectivity index (χ1n) is 4.29. The predicted molar refractivity (Wildman–Crippen MR) is 53.9 cm³/mol. The molecule has 0 fully saturated rings. The Kier molecular flexibility index (Phi) is 2.04. The lowest BCUT2D eigenvalue weighted by Crippen LogP contribution is -2.03. The van der Waals surface area contributed by atoms with Crippen molar-refractivity contribution in [2.45, 2.75) is 6.42 Å². The fraction of sp³-hybridized carbons (Fsp3) is 0.0909. The van der Waals surface area contributed by atoms with Crippen molar-refractivity contribution in [1.82, 2.24) is 4.98 Å². The second-order valence-electron chi connectivity index (χ2n) is 3.04. The molecule has 1 heterocycles. The topological polar surface area (TPSA) is 56.6 Å². The molecule has 0 spiro atoms. The number of H-pyrrole nitrogens is 1. The van der Waals surface area contributed by atoms with E-state index in [0.717, 1.165) is 16.5 Å². The molecule has 0 atom stereocenters. The molecule has 1 aromatic carbocycles. The van der Waals surface area contributed by atoms with E-state index in [1.807, 2.05) is 18.2 Å². The number of nitrogens with zero attached hydrogens (tertiary/aromatic N) is 1. The van der Waals surface area contributed by atoms with Crippen LogP contribution in [0.4, 0.5) is 0 Å². The van der Waals surface area contributed by atoms with Crippen molar-refractivity contribution in [3.05, 3.63) is 46.2 Å². The van der Waals surface area contributed by atoms with E-state index in [9.17, 15) is 4.79 Å². The molecule has 2 rings (SSSR count). The van der Waals surface area contributed by atoms with Gasteiger partial charge in [-0.2, -0.15) is 5.26 Å². The molecule has 14 heavy (non-hydrogen) atoms. The summed E-state index contributed by atoms with van der Waals surface area (Å²) in [5.41, 5.74) is 1.61. The summed E-state index contributed by atoms with van der Waals surface area (Å²) >= 11 is 0. The van der Waals surface area contributed by atoms with Gasteiger partial charge in [0.2, 0.25) is 5.56 Å². The molecule has 1 aromatic heterocycles. The van der Waals surface area contributed by atoms with Crippen molar-refractivity contribution in [1.29, 1.82) is 5.26 Å². The van der Waals surface area contributed by atoms with Gasteiger partial charge < -0.3 is 4.98 Å². The van der Waals surface area contributed by atoms with E-state index in [1.165, 1.54) is 6.07 Å². The van der Waals surface area contributed by atoms with Crippen molar-refractivity contribution in [3.63, 3.8) is 0 Å². The molecule has 0 radical (unpaired) electrons. The fourth-order valence-corrected chi connectivity index (χ4v) is 1.49. The van der Waals surface area contributed by atoms with Crippen LogP contribution < -0.4 is 5.56 Å². The lowest BCUT2D eigenvalue weighted by Gasteiger charge is -2.01. The molecule has 0 aliphatic rings. The van der Waals surface area contributed by atoms with E-state index in [0.29, 0.717) is 6.42 Å². The third-order valence-electron chi connectivity index (χ3n) is 2.13. The number of hydrogen-bond acceptors (Lipinski definition) is 2. The molecule has 0 aliphatic carbocycles. The third-order valence-corrected chi connectivity index (χ3v) is 2.13. The summed E-state index contributed by atoms with van der Waals surface area (Å²) in [7, 11) is 0. The smallest absolute Gasteiger partial charge is 0.248 e. The van der Waals surface area contributed by atoms with Gasteiger partial charge in [-0.25, -0.2) is 0 Å². The van der Waals surface area contributed by atoms with Crippen molar-refractivity contribution >= 4 is 10.9 Å². The van der Waals surface area contributed by atoms with Crippen LogP contribution in [0.1, 0.15) is 5.56 Å². The zero-order valence-electron chi connectivity index (χ0n) is 7.45. The predicted octanol–water partition coefficient (Wildman–Crippen LogP) is 1.59. The van der Waals surface area contributed by atoms with Gasteiger partial charge in [-0.1, -0.05) is 12.1 Å². The highest BCUT2D eigenvalue weighted by Gasteiger charge is 1.99. The van der Waals surface area contributed by atoms with Gasteiger partial charge in [0.1, 0.15) is 0 Å². The highest BCUT2D eigenvalue weighted by Crippen LogP contribution is 2.15. The summed E-state index contributed by atoms with van der Waals surface area (Å²) in [5, 5.41) is 9.55. The summed E-state index contributed by atoms with van der Waals surface area (Å²) in [5.74, 6) is 0. The van der Waals surface area contributed by atoms with E-state index in [4.69, 9.17) is 5.26 Å². The van der Waals surface area contributed by atoms with Gasteiger partial charge in [0.25, 0.3) is 0 Å². The molecule has 68 valence electrons. The SMILES string of the molecule is N#CCc1cccc2[nH]c(=O)ccc12. The number of pyridine rings is 1. The minimum Gasteiger partial charge on any atom is -0.322 e. The van der Waals surface area contributed by atoms with E-state index >= 15 is 0 Å². The number of benzene rings is 1. The zero-order valence-corrected chi connectivity index (χ0v) is 7.45. The van der Waals surface area contributed by atoms with Crippen LogP contribution in [-0.4, -0.2) is 4.98 Å². The zero-order chi connectivity index (χ0) is 9.97. The number of aromatic nitrogens is 1. The molecule has 0 aliphatic heterocycles. The minimum atomic E-state index is -0.119. The van der Waals surface area contributed by atoms with Crippen LogP contribution in [-0.2, 0) is 6.42 Å². The molecular formula is C11H8N2O. The highest BCUT2D eigenvalue weighted by molar-refractivity contribution is 5.82. The summed E-state index contributed by atoms with van der Waals surface area (Å²) < 4.78 is 0. The summed E-state index contributed by atoms with van der Waals surface area (Å²) in [6, 6.07) is 10.9. The van der Waals surface area contributed by atoms with E-state index in [2.05, 4.69) is 11.1 Å². The van der Waals surface area contributed by atoms with Gasteiger partial charge in [-0.15, -0.1) is 0 Å². The Bertz CT molecular complexity index is 563. The Morgan fingerprint density at radius 2 is 2.14 bits per heavy atom. The lowest BCUT2D eigenvalue weighted by atomic mass is 10.1. The van der Waals surface area contributed by atoms with Crippen LogP contribution in [0.5, 0.6) is 0 Å². The summed E-state index contributed by atoms with van der Waals surface area (Å²) in [6.45, 7) is 0. The number of rotatable bonds is 1. The molecule has 3 nitrogen and oxygen atoms in total. The Morgan fingerprint density at radius 3 is 2.93 bits per heavy atom. The Labute approximate surface area is 80.6 Å². The maximum atomic E-state index is 11.0. The average molecular weight is 184 g/mol. The van der Waals surface area contributed by atoms with Crippen molar-refractivity contribution in [2.24, 2.45) is 0 Å². The first kappa shape index (κ1) is 8.52. The largest absolute Gasteiger partial charge is 0.322 e. The summed E-state index contributed by atoms with van der Waals surface area (Å²) in [4.78, 5) is 13.8. The van der Waals surface area contributed by atoms with Gasteiger partial charge in [-0.3, -0.25) is 4.79 Å². The average Bonchev–Trinajstić information content (AvgIpc) is 2.18. The van der Waals surface area contributed by atoms with E-state index < -0.39 is 0 Å². The number of nitrogens with one attached hydrogen (secondary N) is 1. The van der Waals surface area contributed by atoms with Gasteiger partial charge in [-0.05, 0) is 17.7 Å². The van der Waals surface area contributed by atoms with Crippen LogP contribution in [0, 0.1) is 11.3 Å². The van der Waals surface area contributed by atoms with E-state index in [-0.39, 0.29) is 5.56 Å². The standard InChI is InChI=1S/C11H8N2O/c12-7-6-8-2-1-3-10-9(8)4-5-11(14)13-10/h1-5H,6H2,(H,13,14). The maximum Gasteiger partial charge on any atom is 0.248 e. The van der Waals surface area contributed by atoms with E-state index in [1.54, 1.807) is 6.07 Å². The number of hydrogen-bond donors (Lipinski definition) is 1. The monoisotopic (exact) mass is 184 g/mol. The highest BCUT2D eigenvalue weighted by atomic mass is 16.1. The molecule has 2 aromatic rings. The first-order valence-corrected chi connectivity index (χ1v) is 4.29. The molecule has 0 saturated heterocycles. The lowest BCUT2D eigenvalue weighted by molar-refractivity contribution is 1.26. The molecular weight excluding hydrogens is 176 g/mol. The van der Waals surface area contributed by atoms with Gasteiger partial charge >= 0.3 is 0 Å². The van der Waals surface area contributed by atoms with Crippen LogP contribution in [0.25, 0.3) is 10.9 Å². The molecule has 0 saturated carbocycles. The second-order valence-corrected chi connectivity index (χ2v) is 3.04. The van der Waals surface area contributed by atoms with Gasteiger partial charge in [0.05, 0.1) is 12.5 Å². The Morgan fingerprint density at radius 1 is 1.29 bits per heavy atom. The molecule has 0 unspecified atom stereocenters. The molecule has 0 bridgehead atoms. The summed E-state index contributed by atoms with van der Waals surface area (Å²) in [6.07, 6.45) is 0.364. The molecule has 1 N–H and O–H groups in total. The van der Waals surface area contributed by atoms with Gasteiger partial charge in [0.15, 0.2) is 0 Å². The van der Waals surface area contributed by atoms with Crippen LogP contribution in [0.3, 0.4) is 0 Å². The third kappa shape index (κ3) is 1.38. The molecule has 3 heteroatoms. The number of fused-ring (bicyclic) bond motifs is 1. The van der Waals surface area contributed by atoms with Crippen LogP contribution >= 0.6 is 0 Å². The Balaban J connectivity index is 2.76. The normalized spacial score (nSPS) is 9.93. The number of aromatic amines is 1. The quantitative estimate of drug-likeness (QED) is 0.731. The molecule has 0 amide bonds. The second kappa shape index (κ2) is 3.35. The fourth-order valence-electron chi connectivity index (χ4n) is 1.49. The number of nitriles is 1. The minimum absolute atomic E-state index is 0.119. The first-order chi connectivity index (χ1) is 6.81. The van der Waals surface area contributed by atoms with Crippen molar-refractivity contribution in [3.8, 4) is 6.07 Å². The van der Waals surface area contributed by atoms with Crippen LogP contribution in [0.2, 0.25) is 0 Å². The Hall–Kier alpha value is -2.08. The van der Waals surface area contributed by atoms with Crippen LogP contribution in [0.15, 0.2) is 35.1 Å². The van der Waals surface area contributed by atoms with Gasteiger partial charge in [0, 0.05) is 17.0 Å². The maximum absolute atomic E-state index is 11.0.